The van der Waals surface area contributed by atoms with Gasteiger partial charge in [-0.05, 0) is 18.2 Å². The summed E-state index contributed by atoms with van der Waals surface area (Å²) >= 11 is 1.30. The molecule has 0 fully saturated rings. The van der Waals surface area contributed by atoms with E-state index >= 15 is 0 Å². The molecule has 0 aliphatic carbocycles. The van der Waals surface area contributed by atoms with E-state index in [2.05, 4.69) is 15.3 Å². The van der Waals surface area contributed by atoms with E-state index < -0.39 is 0 Å². The molecule has 1 aromatic carbocycles. The monoisotopic (exact) mass is 258 g/mol. The van der Waals surface area contributed by atoms with Gasteiger partial charge in [-0.15, -0.1) is 10.2 Å². The van der Waals surface area contributed by atoms with Crippen molar-refractivity contribution < 1.29 is 0 Å². The topological polar surface area (TPSA) is 95.6 Å². The van der Waals surface area contributed by atoms with Crippen LogP contribution < -0.4 is 11.5 Å². The van der Waals surface area contributed by atoms with Gasteiger partial charge in [-0.1, -0.05) is 23.5 Å². The van der Waals surface area contributed by atoms with Crippen molar-refractivity contribution in [1.82, 2.24) is 20.0 Å². The number of nitrogens with zero attached hydrogens (tertiary/aromatic N) is 4. The maximum atomic E-state index is 5.90. The normalized spacial score (nSPS) is 10.7. The maximum Gasteiger partial charge on any atom is 0.203 e. The minimum Gasteiger partial charge on any atom is -0.397 e. The van der Waals surface area contributed by atoms with Gasteiger partial charge >= 0.3 is 0 Å². The summed E-state index contributed by atoms with van der Waals surface area (Å²) in [7, 11) is 0. The second-order valence-corrected chi connectivity index (χ2v) is 4.66. The summed E-state index contributed by atoms with van der Waals surface area (Å²) in [5.41, 5.74) is 13.7. The van der Waals surface area contributed by atoms with E-state index in [0.717, 1.165) is 11.4 Å². The Labute approximate surface area is 107 Å². The SMILES string of the molecule is Nc1nnc(-c2ccn(-c3ccccc3N)n2)s1. The summed E-state index contributed by atoms with van der Waals surface area (Å²) in [6, 6.07) is 9.39. The Kier molecular flexibility index (Phi) is 2.45. The summed E-state index contributed by atoms with van der Waals surface area (Å²) < 4.78 is 1.71. The lowest BCUT2D eigenvalue weighted by atomic mass is 10.3. The second-order valence-electron chi connectivity index (χ2n) is 3.65. The molecule has 2 heterocycles. The number of hydrogen-bond acceptors (Lipinski definition) is 6. The lowest BCUT2D eigenvalue weighted by molar-refractivity contribution is 0.884. The van der Waals surface area contributed by atoms with Gasteiger partial charge in [-0.3, -0.25) is 0 Å². The highest BCUT2D eigenvalue weighted by Crippen LogP contribution is 2.24. The van der Waals surface area contributed by atoms with Crippen molar-refractivity contribution in [2.24, 2.45) is 0 Å². The molecule has 0 bridgehead atoms. The van der Waals surface area contributed by atoms with Crippen molar-refractivity contribution in [3.05, 3.63) is 36.5 Å². The van der Waals surface area contributed by atoms with Gasteiger partial charge in [-0.25, -0.2) is 4.68 Å². The summed E-state index contributed by atoms with van der Waals surface area (Å²) in [6.07, 6.45) is 1.83. The quantitative estimate of drug-likeness (QED) is 0.680. The van der Waals surface area contributed by atoms with Crippen LogP contribution in [-0.4, -0.2) is 20.0 Å². The molecule has 2 aromatic heterocycles. The van der Waals surface area contributed by atoms with Crippen molar-refractivity contribution in [3.63, 3.8) is 0 Å². The van der Waals surface area contributed by atoms with Gasteiger partial charge in [0.2, 0.25) is 5.13 Å². The molecule has 0 unspecified atom stereocenters. The van der Waals surface area contributed by atoms with Crippen LogP contribution in [-0.2, 0) is 0 Å². The smallest absolute Gasteiger partial charge is 0.203 e. The van der Waals surface area contributed by atoms with Crippen LogP contribution in [0.4, 0.5) is 10.8 Å². The lowest BCUT2D eigenvalue weighted by Crippen LogP contribution is -1.99. The number of benzene rings is 1. The number of para-hydroxylation sites is 2. The van der Waals surface area contributed by atoms with Gasteiger partial charge in [0.15, 0.2) is 5.01 Å². The van der Waals surface area contributed by atoms with Crippen LogP contribution in [0.3, 0.4) is 0 Å². The molecule has 3 aromatic rings. The van der Waals surface area contributed by atoms with Crippen LogP contribution in [0.2, 0.25) is 0 Å². The van der Waals surface area contributed by atoms with Gasteiger partial charge in [0.05, 0.1) is 11.4 Å². The van der Waals surface area contributed by atoms with Crippen molar-refractivity contribution >= 4 is 22.2 Å². The molecule has 90 valence electrons. The zero-order valence-electron chi connectivity index (χ0n) is 9.32. The molecule has 0 saturated heterocycles. The van der Waals surface area contributed by atoms with E-state index in [1.807, 2.05) is 36.5 Å². The first-order chi connectivity index (χ1) is 8.74. The van der Waals surface area contributed by atoms with Crippen LogP contribution >= 0.6 is 11.3 Å². The molecule has 18 heavy (non-hydrogen) atoms. The molecular weight excluding hydrogens is 248 g/mol. The molecule has 0 spiro atoms. The highest BCUT2D eigenvalue weighted by molar-refractivity contribution is 7.18. The summed E-state index contributed by atoms with van der Waals surface area (Å²) in [4.78, 5) is 0. The standard InChI is InChI=1S/C11H10N6S/c12-7-3-1-2-4-9(7)17-6-5-8(16-17)10-14-15-11(13)18-10/h1-6H,12H2,(H2,13,15). The van der Waals surface area contributed by atoms with Gasteiger partial charge in [-0.2, -0.15) is 5.10 Å². The van der Waals surface area contributed by atoms with E-state index in [1.54, 1.807) is 4.68 Å². The van der Waals surface area contributed by atoms with E-state index in [1.165, 1.54) is 11.3 Å². The minimum atomic E-state index is 0.429. The van der Waals surface area contributed by atoms with Crippen molar-refractivity contribution in [2.45, 2.75) is 0 Å². The zero-order valence-corrected chi connectivity index (χ0v) is 10.1. The van der Waals surface area contributed by atoms with E-state index in [0.29, 0.717) is 15.8 Å². The fourth-order valence-electron chi connectivity index (χ4n) is 1.61. The number of nitrogen functional groups attached to an aromatic ring is 2. The Morgan fingerprint density at radius 1 is 1.06 bits per heavy atom. The highest BCUT2D eigenvalue weighted by atomic mass is 32.1. The first-order valence-corrected chi connectivity index (χ1v) is 6.05. The lowest BCUT2D eigenvalue weighted by Gasteiger charge is -2.03. The minimum absolute atomic E-state index is 0.429. The fraction of sp³-hybridized carbons (Fsp3) is 0. The second kappa shape index (κ2) is 4.11. The molecule has 0 aliphatic heterocycles. The average molecular weight is 258 g/mol. The Balaban J connectivity index is 2.02. The van der Waals surface area contributed by atoms with E-state index in [9.17, 15) is 0 Å². The van der Waals surface area contributed by atoms with Crippen LogP contribution in [0.1, 0.15) is 0 Å². The molecule has 3 rings (SSSR count). The number of anilines is 2. The third-order valence-electron chi connectivity index (χ3n) is 2.43. The van der Waals surface area contributed by atoms with Crippen LogP contribution in [0, 0.1) is 0 Å². The van der Waals surface area contributed by atoms with Gasteiger partial charge < -0.3 is 11.5 Å². The maximum absolute atomic E-state index is 5.90. The highest BCUT2D eigenvalue weighted by Gasteiger charge is 2.09. The predicted octanol–water partition coefficient (Wildman–Crippen LogP) is 1.56. The molecular formula is C11H10N6S. The molecule has 0 atom stereocenters. The Hall–Kier alpha value is -2.41. The number of rotatable bonds is 2. The average Bonchev–Trinajstić information content (AvgIpc) is 2.98. The van der Waals surface area contributed by atoms with E-state index in [-0.39, 0.29) is 0 Å². The Bertz CT molecular complexity index is 686. The molecule has 0 saturated carbocycles. The van der Waals surface area contributed by atoms with Gasteiger partial charge in [0.1, 0.15) is 5.69 Å². The van der Waals surface area contributed by atoms with Crippen molar-refractivity contribution in [3.8, 4) is 16.4 Å². The Morgan fingerprint density at radius 2 is 1.89 bits per heavy atom. The molecule has 6 nitrogen and oxygen atoms in total. The number of nitrogens with two attached hydrogens (primary N) is 2. The first kappa shape index (κ1) is 10.7. The number of aromatic nitrogens is 4. The summed E-state index contributed by atoms with van der Waals surface area (Å²) in [5, 5.41) is 13.3. The third kappa shape index (κ3) is 1.80. The van der Waals surface area contributed by atoms with Crippen molar-refractivity contribution in [2.75, 3.05) is 11.5 Å². The molecule has 4 N–H and O–H groups in total. The van der Waals surface area contributed by atoms with Crippen LogP contribution in [0.15, 0.2) is 36.5 Å². The predicted molar refractivity (Wildman–Crippen MR) is 71.3 cm³/mol. The van der Waals surface area contributed by atoms with E-state index in [4.69, 9.17) is 11.5 Å². The molecule has 0 radical (unpaired) electrons. The van der Waals surface area contributed by atoms with Crippen LogP contribution in [0.5, 0.6) is 0 Å². The first-order valence-electron chi connectivity index (χ1n) is 5.24. The zero-order chi connectivity index (χ0) is 12.5. The largest absolute Gasteiger partial charge is 0.397 e. The van der Waals surface area contributed by atoms with Gasteiger partial charge in [0.25, 0.3) is 0 Å². The molecule has 0 aliphatic rings. The fourth-order valence-corrected chi connectivity index (χ4v) is 2.18. The Morgan fingerprint density at radius 3 is 2.61 bits per heavy atom. The van der Waals surface area contributed by atoms with Crippen LogP contribution in [0.25, 0.3) is 16.4 Å². The molecule has 0 amide bonds. The summed E-state index contributed by atoms with van der Waals surface area (Å²) in [6.45, 7) is 0. The molecule has 7 heteroatoms. The third-order valence-corrected chi connectivity index (χ3v) is 3.21. The summed E-state index contributed by atoms with van der Waals surface area (Å²) in [5.74, 6) is 0. The number of hydrogen-bond donors (Lipinski definition) is 2. The van der Waals surface area contributed by atoms with Crippen molar-refractivity contribution in [1.29, 1.82) is 0 Å². The van der Waals surface area contributed by atoms with Gasteiger partial charge in [0, 0.05) is 6.20 Å².